The number of rotatable bonds is 4. The van der Waals surface area contributed by atoms with E-state index in [1.807, 2.05) is 6.92 Å². The molecule has 0 unspecified atom stereocenters. The number of nitrogens with one attached hydrogen (secondary N) is 1. The van der Waals surface area contributed by atoms with Crippen molar-refractivity contribution in [3.05, 3.63) is 28.3 Å². The highest BCUT2D eigenvalue weighted by atomic mass is 32.2. The van der Waals surface area contributed by atoms with Gasteiger partial charge in [0.15, 0.2) is 4.90 Å². The third kappa shape index (κ3) is 2.67. The molecule has 0 saturated carbocycles. The van der Waals surface area contributed by atoms with Crippen LogP contribution in [0.3, 0.4) is 0 Å². The van der Waals surface area contributed by atoms with Gasteiger partial charge in [0.25, 0.3) is 5.69 Å². The highest BCUT2D eigenvalue weighted by Gasteiger charge is 2.22. The fraction of sp³-hybridized carbons (Fsp3) is 0.250. The van der Waals surface area contributed by atoms with Gasteiger partial charge in [0.2, 0.25) is 10.0 Å². The van der Waals surface area contributed by atoms with Gasteiger partial charge in [0.05, 0.1) is 4.92 Å². The number of nitro benzene ring substituents is 1. The number of hydrogen-bond donors (Lipinski definition) is 2. The first-order valence-corrected chi connectivity index (χ1v) is 5.96. The summed E-state index contributed by atoms with van der Waals surface area (Å²) in [5, 5.41) is 18.4. The first-order valence-electron chi connectivity index (χ1n) is 4.41. The average Bonchev–Trinajstić information content (AvgIpc) is 2.16. The van der Waals surface area contributed by atoms with E-state index in [-0.39, 0.29) is 0 Å². The van der Waals surface area contributed by atoms with Crippen molar-refractivity contribution in [3.8, 4) is 0 Å². The van der Waals surface area contributed by atoms with Crippen LogP contribution in [0.5, 0.6) is 0 Å². The molecule has 7 nitrogen and oxygen atoms in total. The summed E-state index contributed by atoms with van der Waals surface area (Å²) in [6.45, 7) is 2.39. The summed E-state index contributed by atoms with van der Waals surface area (Å²) in [5.41, 5.74) is -0.0532. The van der Waals surface area contributed by atoms with E-state index in [1.54, 1.807) is 0 Å². The molecule has 0 aliphatic carbocycles. The third-order valence-electron chi connectivity index (χ3n) is 1.84. The first-order chi connectivity index (χ1) is 7.36. The van der Waals surface area contributed by atoms with Crippen molar-refractivity contribution < 1.29 is 13.3 Å². The Labute approximate surface area is 92.5 Å². The van der Waals surface area contributed by atoms with E-state index in [9.17, 15) is 18.5 Å². The van der Waals surface area contributed by atoms with Crippen LogP contribution in [0.1, 0.15) is 6.92 Å². The molecule has 0 fully saturated rings. The van der Waals surface area contributed by atoms with E-state index in [0.29, 0.717) is 12.2 Å². The van der Waals surface area contributed by atoms with Gasteiger partial charge in [0.1, 0.15) is 0 Å². The van der Waals surface area contributed by atoms with E-state index in [2.05, 4.69) is 5.32 Å². The normalized spacial score (nSPS) is 11.1. The van der Waals surface area contributed by atoms with Crippen molar-refractivity contribution in [3.63, 3.8) is 0 Å². The van der Waals surface area contributed by atoms with Gasteiger partial charge in [-0.1, -0.05) is 0 Å². The molecule has 0 aromatic heterocycles. The molecule has 1 rings (SSSR count). The van der Waals surface area contributed by atoms with Gasteiger partial charge in [-0.05, 0) is 19.1 Å². The Morgan fingerprint density at radius 1 is 1.50 bits per heavy atom. The van der Waals surface area contributed by atoms with Gasteiger partial charge in [0, 0.05) is 18.3 Å². The maximum atomic E-state index is 11.1. The molecule has 0 heterocycles. The number of sulfonamides is 1. The van der Waals surface area contributed by atoms with Crippen molar-refractivity contribution in [2.75, 3.05) is 11.9 Å². The van der Waals surface area contributed by atoms with Gasteiger partial charge in [-0.15, -0.1) is 0 Å². The van der Waals surface area contributed by atoms with Gasteiger partial charge in [-0.3, -0.25) is 10.1 Å². The van der Waals surface area contributed by atoms with Crippen molar-refractivity contribution in [2.45, 2.75) is 11.8 Å². The minimum atomic E-state index is -4.08. The number of benzene rings is 1. The molecule has 0 aliphatic rings. The molecule has 0 atom stereocenters. The van der Waals surface area contributed by atoms with E-state index in [0.717, 1.165) is 12.1 Å². The number of primary sulfonamides is 1. The number of anilines is 1. The summed E-state index contributed by atoms with van der Waals surface area (Å²) in [6.07, 6.45) is 0. The second-order valence-electron chi connectivity index (χ2n) is 3.01. The first kappa shape index (κ1) is 12.4. The molecule has 16 heavy (non-hydrogen) atoms. The Hall–Kier alpha value is -1.67. The lowest BCUT2D eigenvalue weighted by atomic mass is 10.3. The van der Waals surface area contributed by atoms with Crippen LogP contribution in [0.25, 0.3) is 0 Å². The highest BCUT2D eigenvalue weighted by molar-refractivity contribution is 7.89. The predicted molar refractivity (Wildman–Crippen MR) is 58.6 cm³/mol. The monoisotopic (exact) mass is 245 g/mol. The molecule has 8 heteroatoms. The maximum Gasteiger partial charge on any atom is 0.291 e. The molecule has 1 aromatic rings. The SMILES string of the molecule is CCNc1ccc(S(N)(=O)=O)c([N+](=O)[O-])c1. The largest absolute Gasteiger partial charge is 0.385 e. The minimum absolute atomic E-state index is 0.474. The van der Waals surface area contributed by atoms with Crippen LogP contribution in [-0.4, -0.2) is 19.9 Å². The molecule has 88 valence electrons. The zero-order valence-corrected chi connectivity index (χ0v) is 9.32. The highest BCUT2D eigenvalue weighted by Crippen LogP contribution is 2.26. The van der Waals surface area contributed by atoms with Crippen LogP contribution in [0, 0.1) is 10.1 Å². The number of nitrogens with zero attached hydrogens (tertiary/aromatic N) is 1. The van der Waals surface area contributed by atoms with Crippen LogP contribution in [0.15, 0.2) is 23.1 Å². The fourth-order valence-corrected chi connectivity index (χ4v) is 1.90. The van der Waals surface area contributed by atoms with Gasteiger partial charge >= 0.3 is 0 Å². The van der Waals surface area contributed by atoms with E-state index >= 15 is 0 Å². The summed E-state index contributed by atoms with van der Waals surface area (Å²) in [7, 11) is -4.08. The molecular weight excluding hydrogens is 234 g/mol. The zero-order valence-electron chi connectivity index (χ0n) is 8.50. The fourth-order valence-electron chi connectivity index (χ4n) is 1.21. The zero-order chi connectivity index (χ0) is 12.3. The Morgan fingerprint density at radius 3 is 2.56 bits per heavy atom. The Balaban J connectivity index is 3.37. The van der Waals surface area contributed by atoms with Crippen molar-refractivity contribution >= 4 is 21.4 Å². The number of nitro groups is 1. The molecule has 1 aromatic carbocycles. The second kappa shape index (κ2) is 4.45. The van der Waals surface area contributed by atoms with Crippen LogP contribution >= 0.6 is 0 Å². The second-order valence-corrected chi connectivity index (χ2v) is 4.54. The third-order valence-corrected chi connectivity index (χ3v) is 2.80. The van der Waals surface area contributed by atoms with Crippen molar-refractivity contribution in [1.82, 2.24) is 0 Å². The van der Waals surface area contributed by atoms with Gasteiger partial charge in [-0.25, -0.2) is 13.6 Å². The Bertz CT molecular complexity index is 512. The van der Waals surface area contributed by atoms with Crippen LogP contribution in [-0.2, 0) is 10.0 Å². The lowest BCUT2D eigenvalue weighted by molar-refractivity contribution is -0.387. The molecule has 0 aliphatic heterocycles. The summed E-state index contributed by atoms with van der Waals surface area (Å²) >= 11 is 0. The standard InChI is InChI=1S/C8H11N3O4S/c1-2-10-6-3-4-8(16(9,14)15)7(5-6)11(12)13/h3-5,10H,2H2,1H3,(H2,9,14,15). The smallest absolute Gasteiger partial charge is 0.291 e. The number of nitrogens with two attached hydrogens (primary N) is 1. The van der Waals surface area contributed by atoms with E-state index in [1.165, 1.54) is 6.07 Å². The average molecular weight is 245 g/mol. The van der Waals surface area contributed by atoms with Gasteiger partial charge in [-0.2, -0.15) is 0 Å². The number of hydrogen-bond acceptors (Lipinski definition) is 5. The lowest BCUT2D eigenvalue weighted by Crippen LogP contribution is -2.14. The topological polar surface area (TPSA) is 115 Å². The van der Waals surface area contributed by atoms with E-state index < -0.39 is 25.5 Å². The molecule has 0 saturated heterocycles. The summed E-state index contributed by atoms with van der Waals surface area (Å²) in [4.78, 5) is 9.42. The molecular formula is C8H11N3O4S. The summed E-state index contributed by atoms with van der Waals surface area (Å²) in [6, 6.07) is 3.69. The van der Waals surface area contributed by atoms with Crippen LogP contribution in [0.2, 0.25) is 0 Å². The summed E-state index contributed by atoms with van der Waals surface area (Å²) < 4.78 is 22.2. The molecule has 0 radical (unpaired) electrons. The van der Waals surface area contributed by atoms with Gasteiger partial charge < -0.3 is 5.32 Å². The quantitative estimate of drug-likeness (QED) is 0.597. The molecule has 3 N–H and O–H groups in total. The van der Waals surface area contributed by atoms with Crippen molar-refractivity contribution in [2.24, 2.45) is 5.14 Å². The van der Waals surface area contributed by atoms with Crippen LogP contribution < -0.4 is 10.5 Å². The molecule has 0 bridgehead atoms. The predicted octanol–water partition coefficient (Wildman–Crippen LogP) is 0.674. The summed E-state index contributed by atoms with van der Waals surface area (Å²) in [5.74, 6) is 0. The van der Waals surface area contributed by atoms with Crippen molar-refractivity contribution in [1.29, 1.82) is 0 Å². The molecule has 0 amide bonds. The Morgan fingerprint density at radius 2 is 2.12 bits per heavy atom. The Kier molecular flexibility index (Phi) is 3.45. The lowest BCUT2D eigenvalue weighted by Gasteiger charge is -2.05. The minimum Gasteiger partial charge on any atom is -0.385 e. The van der Waals surface area contributed by atoms with Crippen LogP contribution in [0.4, 0.5) is 11.4 Å². The van der Waals surface area contributed by atoms with E-state index in [4.69, 9.17) is 5.14 Å². The molecule has 0 spiro atoms. The maximum absolute atomic E-state index is 11.1.